The molecule has 1 aromatic heterocycles. The predicted octanol–water partition coefficient (Wildman–Crippen LogP) is 3.89. The number of fused-ring (bicyclic) bond motifs is 1. The fraction of sp³-hybridized carbons (Fsp3) is 0.261. The fourth-order valence-corrected chi connectivity index (χ4v) is 2.87. The van der Waals surface area contributed by atoms with Crippen LogP contribution >= 0.6 is 0 Å². The van der Waals surface area contributed by atoms with Crippen molar-refractivity contribution in [3.05, 3.63) is 70.1 Å². The Morgan fingerprint density at radius 3 is 2.50 bits per heavy atom. The highest BCUT2D eigenvalue weighted by atomic mass is 16.5. The number of benzene rings is 2. The monoisotopic (exact) mass is 409 g/mol. The standard InChI is InChI=1S/C23H23NO6/c1-23(2,3)14-9-10-19(28-4)16(11-14)24-21(26)13-29-22(27)20-12-17(25)15-7-5-6-8-18(15)30-20/h5-12H,13H2,1-4H3,(H,24,26). The summed E-state index contributed by atoms with van der Waals surface area (Å²) in [7, 11) is 1.50. The molecule has 0 spiro atoms. The van der Waals surface area contributed by atoms with Crippen LogP contribution < -0.4 is 15.5 Å². The number of methoxy groups -OCH3 is 1. The van der Waals surface area contributed by atoms with Gasteiger partial charge in [-0.1, -0.05) is 39.0 Å². The number of esters is 1. The molecule has 1 N–H and O–H groups in total. The minimum atomic E-state index is -0.900. The summed E-state index contributed by atoms with van der Waals surface area (Å²) in [5, 5.41) is 3.05. The number of carbonyl (C=O) groups excluding carboxylic acids is 2. The third kappa shape index (κ3) is 4.68. The van der Waals surface area contributed by atoms with E-state index in [1.54, 1.807) is 30.3 Å². The number of hydrogen-bond donors (Lipinski definition) is 1. The maximum Gasteiger partial charge on any atom is 0.374 e. The summed E-state index contributed by atoms with van der Waals surface area (Å²) >= 11 is 0. The van der Waals surface area contributed by atoms with Crippen LogP contribution in [0, 0.1) is 0 Å². The lowest BCUT2D eigenvalue weighted by molar-refractivity contribution is -0.119. The van der Waals surface area contributed by atoms with Gasteiger partial charge in [-0.3, -0.25) is 9.59 Å². The van der Waals surface area contributed by atoms with Crippen molar-refractivity contribution in [1.82, 2.24) is 0 Å². The zero-order chi connectivity index (χ0) is 21.9. The molecule has 0 atom stereocenters. The number of para-hydroxylation sites is 1. The number of ether oxygens (including phenoxy) is 2. The Balaban J connectivity index is 1.70. The highest BCUT2D eigenvalue weighted by Gasteiger charge is 2.19. The smallest absolute Gasteiger partial charge is 0.374 e. The lowest BCUT2D eigenvalue weighted by Crippen LogP contribution is -2.22. The van der Waals surface area contributed by atoms with Crippen LogP contribution in [0.15, 0.2) is 57.7 Å². The first-order valence-corrected chi connectivity index (χ1v) is 9.37. The van der Waals surface area contributed by atoms with Gasteiger partial charge >= 0.3 is 5.97 Å². The summed E-state index contributed by atoms with van der Waals surface area (Å²) in [5.74, 6) is -1.22. The van der Waals surface area contributed by atoms with Gasteiger partial charge < -0.3 is 19.2 Å². The van der Waals surface area contributed by atoms with Crippen molar-refractivity contribution < 1.29 is 23.5 Å². The zero-order valence-electron chi connectivity index (χ0n) is 17.3. The van der Waals surface area contributed by atoms with E-state index in [1.165, 1.54) is 7.11 Å². The first kappa shape index (κ1) is 21.1. The van der Waals surface area contributed by atoms with Gasteiger partial charge in [0.1, 0.15) is 11.3 Å². The Morgan fingerprint density at radius 1 is 1.07 bits per heavy atom. The highest BCUT2D eigenvalue weighted by Crippen LogP contribution is 2.31. The molecule has 156 valence electrons. The van der Waals surface area contributed by atoms with Gasteiger partial charge in [0, 0.05) is 6.07 Å². The summed E-state index contributed by atoms with van der Waals surface area (Å²) in [4.78, 5) is 36.7. The van der Waals surface area contributed by atoms with Crippen molar-refractivity contribution in [3.8, 4) is 5.75 Å². The molecule has 1 amide bonds. The second-order valence-corrected chi connectivity index (χ2v) is 7.76. The van der Waals surface area contributed by atoms with Crippen molar-refractivity contribution in [2.45, 2.75) is 26.2 Å². The third-order valence-electron chi connectivity index (χ3n) is 4.51. The Hall–Kier alpha value is -3.61. The maximum atomic E-state index is 12.3. The minimum absolute atomic E-state index is 0.119. The summed E-state index contributed by atoms with van der Waals surface area (Å²) in [5.41, 5.74) is 1.27. The Kier molecular flexibility index (Phi) is 5.91. The van der Waals surface area contributed by atoms with Gasteiger partial charge in [0.2, 0.25) is 5.76 Å². The van der Waals surface area contributed by atoms with Crippen LogP contribution in [-0.4, -0.2) is 25.6 Å². The largest absolute Gasteiger partial charge is 0.495 e. The van der Waals surface area contributed by atoms with Crippen LogP contribution in [0.4, 0.5) is 5.69 Å². The van der Waals surface area contributed by atoms with E-state index >= 15 is 0 Å². The number of anilines is 1. The zero-order valence-corrected chi connectivity index (χ0v) is 17.3. The summed E-state index contributed by atoms with van der Waals surface area (Å²) < 4.78 is 15.7. The van der Waals surface area contributed by atoms with E-state index in [4.69, 9.17) is 13.9 Å². The molecule has 30 heavy (non-hydrogen) atoms. The average molecular weight is 409 g/mol. The predicted molar refractivity (Wildman–Crippen MR) is 113 cm³/mol. The normalized spacial score (nSPS) is 11.2. The minimum Gasteiger partial charge on any atom is -0.495 e. The molecule has 0 saturated carbocycles. The molecular weight excluding hydrogens is 386 g/mol. The molecule has 0 bridgehead atoms. The Bertz CT molecular complexity index is 1160. The van der Waals surface area contributed by atoms with Gasteiger partial charge in [0.25, 0.3) is 5.91 Å². The third-order valence-corrected chi connectivity index (χ3v) is 4.51. The van der Waals surface area contributed by atoms with Crippen molar-refractivity contribution in [2.75, 3.05) is 19.0 Å². The molecule has 0 aliphatic heterocycles. The number of rotatable bonds is 5. The second kappa shape index (κ2) is 8.41. The molecule has 7 heteroatoms. The number of carbonyl (C=O) groups is 2. The summed E-state index contributed by atoms with van der Waals surface area (Å²) in [6.07, 6.45) is 0. The van der Waals surface area contributed by atoms with E-state index < -0.39 is 18.5 Å². The van der Waals surface area contributed by atoms with Crippen LogP contribution in [0.2, 0.25) is 0 Å². The number of nitrogens with one attached hydrogen (secondary N) is 1. The van der Waals surface area contributed by atoms with Crippen molar-refractivity contribution >= 4 is 28.5 Å². The van der Waals surface area contributed by atoms with Gasteiger partial charge in [-0.15, -0.1) is 0 Å². The fourth-order valence-electron chi connectivity index (χ4n) is 2.87. The number of amides is 1. The van der Waals surface area contributed by atoms with Crippen LogP contribution in [0.3, 0.4) is 0 Å². The lowest BCUT2D eigenvalue weighted by atomic mass is 9.87. The molecule has 3 aromatic rings. The van der Waals surface area contributed by atoms with Gasteiger partial charge in [-0.25, -0.2) is 4.79 Å². The van der Waals surface area contributed by atoms with Crippen LogP contribution in [0.5, 0.6) is 5.75 Å². The molecule has 0 aliphatic carbocycles. The summed E-state index contributed by atoms with van der Waals surface area (Å²) in [6, 6.07) is 13.1. The molecule has 7 nitrogen and oxygen atoms in total. The molecule has 3 rings (SSSR count). The number of hydrogen-bond acceptors (Lipinski definition) is 6. The maximum absolute atomic E-state index is 12.3. The average Bonchev–Trinajstić information content (AvgIpc) is 2.71. The van der Waals surface area contributed by atoms with Crippen molar-refractivity contribution in [2.24, 2.45) is 0 Å². The second-order valence-electron chi connectivity index (χ2n) is 7.76. The molecule has 2 aromatic carbocycles. The van der Waals surface area contributed by atoms with Gasteiger partial charge in [-0.2, -0.15) is 0 Å². The molecule has 0 fully saturated rings. The highest BCUT2D eigenvalue weighted by molar-refractivity contribution is 5.96. The van der Waals surface area contributed by atoms with Gasteiger partial charge in [-0.05, 0) is 35.2 Å². The van der Waals surface area contributed by atoms with Crippen molar-refractivity contribution in [1.29, 1.82) is 0 Å². The Labute approximate surface area is 173 Å². The van der Waals surface area contributed by atoms with Crippen LogP contribution in [-0.2, 0) is 14.9 Å². The topological polar surface area (TPSA) is 94.8 Å². The summed E-state index contributed by atoms with van der Waals surface area (Å²) in [6.45, 7) is 5.62. The molecular formula is C23H23NO6. The quantitative estimate of drug-likeness (QED) is 0.643. The SMILES string of the molecule is COc1ccc(C(C)(C)C)cc1NC(=O)COC(=O)c1cc(=O)c2ccccc2o1. The van der Waals surface area contributed by atoms with Crippen LogP contribution in [0.25, 0.3) is 11.0 Å². The van der Waals surface area contributed by atoms with E-state index in [1.807, 2.05) is 12.1 Å². The molecule has 0 radical (unpaired) electrons. The molecule has 0 saturated heterocycles. The molecule has 0 aliphatic rings. The molecule has 1 heterocycles. The Morgan fingerprint density at radius 2 is 1.80 bits per heavy atom. The van der Waals surface area contributed by atoms with E-state index in [0.717, 1.165) is 11.6 Å². The first-order chi connectivity index (χ1) is 14.2. The van der Waals surface area contributed by atoms with Crippen LogP contribution in [0.1, 0.15) is 36.9 Å². The van der Waals surface area contributed by atoms with E-state index in [2.05, 4.69) is 26.1 Å². The van der Waals surface area contributed by atoms with Crippen molar-refractivity contribution in [3.63, 3.8) is 0 Å². The van der Waals surface area contributed by atoms with Gasteiger partial charge in [0.05, 0.1) is 18.2 Å². The van der Waals surface area contributed by atoms with E-state index in [0.29, 0.717) is 16.8 Å². The van der Waals surface area contributed by atoms with Gasteiger partial charge in [0.15, 0.2) is 12.0 Å². The lowest BCUT2D eigenvalue weighted by Gasteiger charge is -2.21. The molecule has 0 unspecified atom stereocenters. The van der Waals surface area contributed by atoms with E-state index in [-0.39, 0.29) is 22.2 Å². The van der Waals surface area contributed by atoms with E-state index in [9.17, 15) is 14.4 Å². The first-order valence-electron chi connectivity index (χ1n) is 9.37.